The highest BCUT2D eigenvalue weighted by Crippen LogP contribution is 2.28. The van der Waals surface area contributed by atoms with Gasteiger partial charge in [-0.15, -0.1) is 0 Å². The van der Waals surface area contributed by atoms with Crippen LogP contribution in [0.15, 0.2) is 54.9 Å². The maximum atomic E-state index is 13.0. The van der Waals surface area contributed by atoms with E-state index in [0.29, 0.717) is 23.7 Å². The maximum Gasteiger partial charge on any atom is 0.256 e. The zero-order valence-electron chi connectivity index (χ0n) is 18.6. The predicted octanol–water partition coefficient (Wildman–Crippen LogP) is 5.16. The van der Waals surface area contributed by atoms with E-state index in [-0.39, 0.29) is 16.9 Å². The molecule has 0 aliphatic heterocycles. The van der Waals surface area contributed by atoms with E-state index in [2.05, 4.69) is 51.8 Å². The topological polar surface area (TPSA) is 69.0 Å². The lowest BCUT2D eigenvalue weighted by atomic mass is 9.92. The Balaban J connectivity index is 1.78. The van der Waals surface area contributed by atoms with E-state index in [1.807, 2.05) is 35.0 Å². The zero-order valence-corrected chi connectivity index (χ0v) is 18.6. The fourth-order valence-corrected chi connectivity index (χ4v) is 2.91. The van der Waals surface area contributed by atoms with Gasteiger partial charge in [0.05, 0.1) is 11.2 Å². The van der Waals surface area contributed by atoms with Crippen molar-refractivity contribution in [3.8, 4) is 5.75 Å². The molecule has 0 aliphatic rings. The predicted molar refractivity (Wildman–Crippen MR) is 119 cm³/mol. The number of aromatic nitrogens is 3. The standard InChI is InChI=1S/C24H30N4O2/c1-23(2,3)20-14-21(28(27-20)24(4,5)6)26-22(29)18-10-7-11-19(13-18)30-16-17-9-8-12-25-15-17/h7-15H,16H2,1-6H3,(H,26,29). The van der Waals surface area contributed by atoms with E-state index in [1.165, 1.54) is 0 Å². The average Bonchev–Trinajstić information content (AvgIpc) is 3.12. The lowest BCUT2D eigenvalue weighted by molar-refractivity contribution is 0.102. The molecule has 2 heterocycles. The smallest absolute Gasteiger partial charge is 0.256 e. The van der Waals surface area contributed by atoms with Crippen molar-refractivity contribution in [2.75, 3.05) is 5.32 Å². The number of anilines is 1. The molecule has 0 saturated carbocycles. The van der Waals surface area contributed by atoms with Gasteiger partial charge in [-0.25, -0.2) is 4.68 Å². The molecular weight excluding hydrogens is 376 g/mol. The molecule has 0 bridgehead atoms. The highest BCUT2D eigenvalue weighted by atomic mass is 16.5. The number of rotatable bonds is 5. The van der Waals surface area contributed by atoms with Crippen LogP contribution in [0.4, 0.5) is 5.82 Å². The fraction of sp³-hybridized carbons (Fsp3) is 0.375. The minimum absolute atomic E-state index is 0.115. The highest BCUT2D eigenvalue weighted by Gasteiger charge is 2.26. The molecule has 30 heavy (non-hydrogen) atoms. The van der Waals surface area contributed by atoms with Crippen molar-refractivity contribution >= 4 is 11.7 Å². The summed E-state index contributed by atoms with van der Waals surface area (Å²) in [5, 5.41) is 7.77. The Morgan fingerprint density at radius 2 is 1.83 bits per heavy atom. The molecule has 0 atom stereocenters. The number of hydrogen-bond donors (Lipinski definition) is 1. The van der Waals surface area contributed by atoms with Crippen LogP contribution in [0.2, 0.25) is 0 Å². The molecule has 0 aliphatic carbocycles. The van der Waals surface area contributed by atoms with Crippen molar-refractivity contribution in [3.63, 3.8) is 0 Å². The third kappa shape index (κ3) is 5.26. The van der Waals surface area contributed by atoms with Crippen LogP contribution >= 0.6 is 0 Å². The van der Waals surface area contributed by atoms with Crippen molar-refractivity contribution in [2.24, 2.45) is 0 Å². The summed E-state index contributed by atoms with van der Waals surface area (Å²) in [6, 6.07) is 12.9. The second-order valence-corrected chi connectivity index (χ2v) is 9.38. The van der Waals surface area contributed by atoms with Gasteiger partial charge in [-0.1, -0.05) is 32.9 Å². The van der Waals surface area contributed by atoms with E-state index in [4.69, 9.17) is 9.84 Å². The van der Waals surface area contributed by atoms with Crippen molar-refractivity contribution in [1.82, 2.24) is 14.8 Å². The molecule has 3 aromatic rings. The molecule has 0 saturated heterocycles. The third-order valence-electron chi connectivity index (χ3n) is 4.58. The molecule has 3 rings (SSSR count). The number of pyridine rings is 1. The molecule has 1 N–H and O–H groups in total. The Bertz CT molecular complexity index is 1010. The molecule has 158 valence electrons. The second kappa shape index (κ2) is 8.30. The third-order valence-corrected chi connectivity index (χ3v) is 4.58. The summed E-state index contributed by atoms with van der Waals surface area (Å²) in [6.45, 7) is 12.9. The number of benzene rings is 1. The number of ether oxygens (including phenoxy) is 1. The molecule has 6 nitrogen and oxygen atoms in total. The van der Waals surface area contributed by atoms with E-state index in [1.54, 1.807) is 24.5 Å². The van der Waals surface area contributed by atoms with Gasteiger partial charge in [0.25, 0.3) is 5.91 Å². The number of hydrogen-bond acceptors (Lipinski definition) is 4. The molecular formula is C24H30N4O2. The lowest BCUT2D eigenvalue weighted by Gasteiger charge is -2.23. The Morgan fingerprint density at radius 1 is 1.07 bits per heavy atom. The molecule has 0 unspecified atom stereocenters. The van der Waals surface area contributed by atoms with E-state index in [9.17, 15) is 4.79 Å². The normalized spacial score (nSPS) is 11.9. The first kappa shape index (κ1) is 21.6. The Kier molecular flexibility index (Phi) is 5.97. The van der Waals surface area contributed by atoms with Gasteiger partial charge >= 0.3 is 0 Å². The molecule has 0 spiro atoms. The van der Waals surface area contributed by atoms with Gasteiger partial charge in [-0.3, -0.25) is 9.78 Å². The fourth-order valence-electron chi connectivity index (χ4n) is 2.91. The monoisotopic (exact) mass is 406 g/mol. The van der Waals surface area contributed by atoms with Gasteiger partial charge in [0.15, 0.2) is 0 Å². The van der Waals surface area contributed by atoms with Gasteiger partial charge < -0.3 is 10.1 Å². The second-order valence-electron chi connectivity index (χ2n) is 9.38. The maximum absolute atomic E-state index is 13.0. The summed E-state index contributed by atoms with van der Waals surface area (Å²) in [6.07, 6.45) is 3.48. The number of carbonyl (C=O) groups is 1. The Morgan fingerprint density at radius 3 is 2.47 bits per heavy atom. The summed E-state index contributed by atoms with van der Waals surface area (Å²) in [5.74, 6) is 1.11. The molecule has 0 radical (unpaired) electrons. The summed E-state index contributed by atoms with van der Waals surface area (Å²) < 4.78 is 7.69. The largest absolute Gasteiger partial charge is 0.489 e. The van der Waals surface area contributed by atoms with Crippen LogP contribution in [0.25, 0.3) is 0 Å². The molecule has 2 aromatic heterocycles. The number of carbonyl (C=O) groups excluding carboxylic acids is 1. The highest BCUT2D eigenvalue weighted by molar-refractivity contribution is 6.04. The number of amides is 1. The van der Waals surface area contributed by atoms with Crippen molar-refractivity contribution in [1.29, 1.82) is 0 Å². The summed E-state index contributed by atoms with van der Waals surface area (Å²) in [7, 11) is 0. The van der Waals surface area contributed by atoms with Gasteiger partial charge in [-0.2, -0.15) is 5.10 Å². The first-order valence-electron chi connectivity index (χ1n) is 10.1. The van der Waals surface area contributed by atoms with Crippen LogP contribution in [-0.2, 0) is 17.6 Å². The lowest BCUT2D eigenvalue weighted by Crippen LogP contribution is -2.27. The van der Waals surface area contributed by atoms with Crippen LogP contribution in [0.1, 0.15) is 63.2 Å². The van der Waals surface area contributed by atoms with Crippen molar-refractivity contribution in [3.05, 3.63) is 71.7 Å². The van der Waals surface area contributed by atoms with Crippen LogP contribution in [-0.4, -0.2) is 20.7 Å². The molecule has 0 fully saturated rings. The SMILES string of the molecule is CC(C)(C)c1cc(NC(=O)c2cccc(OCc3cccnc3)c2)n(C(C)(C)C)n1. The first-order chi connectivity index (χ1) is 14.0. The first-order valence-corrected chi connectivity index (χ1v) is 10.1. The summed E-state index contributed by atoms with van der Waals surface area (Å²) >= 11 is 0. The molecule has 6 heteroatoms. The van der Waals surface area contributed by atoms with E-state index in [0.717, 1.165) is 11.3 Å². The van der Waals surface area contributed by atoms with Crippen LogP contribution in [0.5, 0.6) is 5.75 Å². The minimum Gasteiger partial charge on any atom is -0.489 e. The van der Waals surface area contributed by atoms with Gasteiger partial charge in [0.1, 0.15) is 18.2 Å². The minimum atomic E-state index is -0.263. The van der Waals surface area contributed by atoms with Crippen LogP contribution in [0.3, 0.4) is 0 Å². The van der Waals surface area contributed by atoms with Crippen LogP contribution in [0, 0.1) is 0 Å². The Hall–Kier alpha value is -3.15. The van der Waals surface area contributed by atoms with Gasteiger partial charge in [0, 0.05) is 35.0 Å². The van der Waals surface area contributed by atoms with Gasteiger partial charge in [-0.05, 0) is 45.0 Å². The molecule has 1 aromatic carbocycles. The van der Waals surface area contributed by atoms with Crippen molar-refractivity contribution < 1.29 is 9.53 Å². The van der Waals surface area contributed by atoms with E-state index >= 15 is 0 Å². The summed E-state index contributed by atoms with van der Waals surface area (Å²) in [5.41, 5.74) is 2.05. The Labute approximate surface area is 178 Å². The summed E-state index contributed by atoms with van der Waals surface area (Å²) in [4.78, 5) is 17.0. The van der Waals surface area contributed by atoms with Gasteiger partial charge in [0.2, 0.25) is 0 Å². The number of nitrogens with one attached hydrogen (secondary N) is 1. The number of nitrogens with zero attached hydrogens (tertiary/aromatic N) is 3. The van der Waals surface area contributed by atoms with Crippen molar-refractivity contribution in [2.45, 2.75) is 59.1 Å². The molecule has 1 amide bonds. The van der Waals surface area contributed by atoms with Crippen LogP contribution < -0.4 is 10.1 Å². The quantitative estimate of drug-likeness (QED) is 0.635. The average molecular weight is 407 g/mol. The van der Waals surface area contributed by atoms with E-state index < -0.39 is 0 Å². The zero-order chi connectivity index (χ0) is 21.9.